The number of aromatic carboxylic acids is 2. The third-order valence-electron chi connectivity index (χ3n) is 2.16. The van der Waals surface area contributed by atoms with E-state index in [0.717, 1.165) is 12.1 Å². The molecule has 0 unspecified atom stereocenters. The lowest BCUT2D eigenvalue weighted by Gasteiger charge is -2.10. The molecule has 0 saturated carbocycles. The van der Waals surface area contributed by atoms with Crippen LogP contribution in [0, 0.1) is 0 Å². The summed E-state index contributed by atoms with van der Waals surface area (Å²) in [4.78, 5) is 33.6. The fourth-order valence-electron chi connectivity index (χ4n) is 1.45. The van der Waals surface area contributed by atoms with Crippen LogP contribution >= 0.6 is 0 Å². The Morgan fingerprint density at radius 3 is 2.17 bits per heavy atom. The number of ether oxygens (including phenoxy) is 1. The summed E-state index contributed by atoms with van der Waals surface area (Å²) >= 11 is 0. The van der Waals surface area contributed by atoms with Gasteiger partial charge in [-0.15, -0.1) is 0 Å². The molecule has 0 radical (unpaired) electrons. The average molecular weight is 253 g/mol. The highest BCUT2D eigenvalue weighted by molar-refractivity contribution is 6.11. The van der Waals surface area contributed by atoms with Crippen molar-refractivity contribution in [1.29, 1.82) is 0 Å². The SMILES string of the molecule is CCOC(=O)c1ccc(N)c(C(=O)O)c1C(=O)O. The van der Waals surface area contributed by atoms with Crippen molar-refractivity contribution in [2.24, 2.45) is 0 Å². The second-order valence-electron chi connectivity index (χ2n) is 3.28. The van der Waals surface area contributed by atoms with Crippen LogP contribution in [0.25, 0.3) is 0 Å². The third kappa shape index (κ3) is 2.40. The van der Waals surface area contributed by atoms with E-state index < -0.39 is 29.0 Å². The van der Waals surface area contributed by atoms with Gasteiger partial charge in [-0.3, -0.25) is 0 Å². The first-order chi connectivity index (χ1) is 8.40. The predicted octanol–water partition coefficient (Wildman–Crippen LogP) is 0.842. The third-order valence-corrected chi connectivity index (χ3v) is 2.16. The van der Waals surface area contributed by atoms with Gasteiger partial charge >= 0.3 is 17.9 Å². The lowest BCUT2D eigenvalue weighted by atomic mass is 9.99. The van der Waals surface area contributed by atoms with Crippen molar-refractivity contribution in [1.82, 2.24) is 0 Å². The standard InChI is InChI=1S/C11H11NO6/c1-2-18-11(17)5-3-4-6(12)8(10(15)16)7(5)9(13)14/h3-4H,2,12H2,1H3,(H,13,14)(H,15,16). The summed E-state index contributed by atoms with van der Waals surface area (Å²) in [7, 11) is 0. The number of carbonyl (C=O) groups excluding carboxylic acids is 1. The van der Waals surface area contributed by atoms with Gasteiger partial charge in [-0.25, -0.2) is 14.4 Å². The lowest BCUT2D eigenvalue weighted by Crippen LogP contribution is -2.18. The van der Waals surface area contributed by atoms with E-state index in [1.165, 1.54) is 0 Å². The molecule has 1 aromatic carbocycles. The molecule has 0 spiro atoms. The quantitative estimate of drug-likeness (QED) is 0.535. The second kappa shape index (κ2) is 5.17. The van der Waals surface area contributed by atoms with Crippen LogP contribution in [0.2, 0.25) is 0 Å². The molecule has 0 fully saturated rings. The molecule has 0 aromatic heterocycles. The van der Waals surface area contributed by atoms with Crippen LogP contribution in [-0.2, 0) is 4.74 Å². The van der Waals surface area contributed by atoms with Crippen LogP contribution in [0.15, 0.2) is 12.1 Å². The molecule has 0 saturated heterocycles. The maximum Gasteiger partial charge on any atom is 0.339 e. The van der Waals surface area contributed by atoms with Crippen molar-refractivity contribution in [3.8, 4) is 0 Å². The van der Waals surface area contributed by atoms with Gasteiger partial charge in [0.2, 0.25) is 0 Å². The summed E-state index contributed by atoms with van der Waals surface area (Å²) in [6, 6.07) is 2.28. The molecule has 0 amide bonds. The fraction of sp³-hybridized carbons (Fsp3) is 0.182. The van der Waals surface area contributed by atoms with E-state index in [9.17, 15) is 14.4 Å². The summed E-state index contributed by atoms with van der Waals surface area (Å²) in [5, 5.41) is 17.9. The van der Waals surface area contributed by atoms with Gasteiger partial charge in [0.05, 0.1) is 23.3 Å². The Hall–Kier alpha value is -2.57. The number of hydrogen-bond donors (Lipinski definition) is 3. The number of nitrogens with two attached hydrogens (primary N) is 1. The molecule has 0 aliphatic rings. The Kier molecular flexibility index (Phi) is 3.88. The van der Waals surface area contributed by atoms with Crippen molar-refractivity contribution in [2.45, 2.75) is 6.92 Å². The molecule has 1 aromatic rings. The highest BCUT2D eigenvalue weighted by Crippen LogP contribution is 2.22. The van der Waals surface area contributed by atoms with E-state index in [1.54, 1.807) is 6.92 Å². The molecule has 1 rings (SSSR count). The Labute approximate surface area is 102 Å². The first-order valence-electron chi connectivity index (χ1n) is 4.96. The van der Waals surface area contributed by atoms with Crippen molar-refractivity contribution in [3.05, 3.63) is 28.8 Å². The lowest BCUT2D eigenvalue weighted by molar-refractivity contribution is 0.0514. The van der Waals surface area contributed by atoms with Crippen LogP contribution in [0.5, 0.6) is 0 Å². The van der Waals surface area contributed by atoms with Gasteiger partial charge in [0, 0.05) is 5.69 Å². The molecule has 4 N–H and O–H groups in total. The van der Waals surface area contributed by atoms with E-state index in [0.29, 0.717) is 0 Å². The van der Waals surface area contributed by atoms with Crippen molar-refractivity contribution in [3.63, 3.8) is 0 Å². The van der Waals surface area contributed by atoms with E-state index in [1.807, 2.05) is 0 Å². The number of hydrogen-bond acceptors (Lipinski definition) is 5. The molecule has 7 heteroatoms. The Morgan fingerprint density at radius 2 is 1.72 bits per heavy atom. The minimum absolute atomic E-state index is 0.0463. The normalized spacial score (nSPS) is 9.83. The molecule has 0 bridgehead atoms. The summed E-state index contributed by atoms with van der Waals surface area (Å²) in [6.07, 6.45) is 0. The van der Waals surface area contributed by atoms with E-state index in [-0.39, 0.29) is 17.9 Å². The fourth-order valence-corrected chi connectivity index (χ4v) is 1.45. The largest absolute Gasteiger partial charge is 0.478 e. The monoisotopic (exact) mass is 253 g/mol. The summed E-state index contributed by atoms with van der Waals surface area (Å²) < 4.78 is 4.66. The highest BCUT2D eigenvalue weighted by Gasteiger charge is 2.26. The van der Waals surface area contributed by atoms with Gasteiger partial charge in [0.15, 0.2) is 0 Å². The van der Waals surface area contributed by atoms with Crippen molar-refractivity contribution in [2.75, 3.05) is 12.3 Å². The number of nitrogen functional groups attached to an aromatic ring is 1. The van der Waals surface area contributed by atoms with Crippen molar-refractivity contribution < 1.29 is 29.3 Å². The van der Waals surface area contributed by atoms with Gasteiger partial charge in [0.1, 0.15) is 0 Å². The number of carboxylic acid groups (broad SMARTS) is 2. The molecule has 0 atom stereocenters. The Morgan fingerprint density at radius 1 is 1.17 bits per heavy atom. The maximum atomic E-state index is 11.5. The smallest absolute Gasteiger partial charge is 0.339 e. The number of esters is 1. The van der Waals surface area contributed by atoms with E-state index in [4.69, 9.17) is 15.9 Å². The zero-order valence-corrected chi connectivity index (χ0v) is 9.47. The molecule has 0 aliphatic heterocycles. The van der Waals surface area contributed by atoms with Crippen LogP contribution in [-0.4, -0.2) is 34.7 Å². The first kappa shape index (κ1) is 13.5. The predicted molar refractivity (Wildman–Crippen MR) is 60.7 cm³/mol. The number of benzene rings is 1. The molecule has 0 aliphatic carbocycles. The number of carboxylic acids is 2. The van der Waals surface area contributed by atoms with Crippen LogP contribution in [0.1, 0.15) is 38.0 Å². The average Bonchev–Trinajstić information content (AvgIpc) is 2.27. The Bertz CT molecular complexity index is 523. The van der Waals surface area contributed by atoms with Crippen LogP contribution in [0.3, 0.4) is 0 Å². The molecule has 7 nitrogen and oxygen atoms in total. The number of rotatable bonds is 4. The molecular formula is C11H11NO6. The minimum atomic E-state index is -1.55. The molecular weight excluding hydrogens is 242 g/mol. The molecule has 96 valence electrons. The Balaban J connectivity index is 3.54. The number of anilines is 1. The van der Waals surface area contributed by atoms with Crippen molar-refractivity contribution >= 4 is 23.6 Å². The highest BCUT2D eigenvalue weighted by atomic mass is 16.5. The van der Waals surface area contributed by atoms with Crippen LogP contribution < -0.4 is 5.73 Å². The summed E-state index contributed by atoms with van der Waals surface area (Å²) in [6.45, 7) is 1.60. The first-order valence-corrected chi connectivity index (χ1v) is 4.96. The topological polar surface area (TPSA) is 127 Å². The second-order valence-corrected chi connectivity index (χ2v) is 3.28. The minimum Gasteiger partial charge on any atom is -0.478 e. The van der Waals surface area contributed by atoms with Crippen LogP contribution in [0.4, 0.5) is 5.69 Å². The molecule has 0 heterocycles. The van der Waals surface area contributed by atoms with Gasteiger partial charge in [0.25, 0.3) is 0 Å². The summed E-state index contributed by atoms with van der Waals surface area (Å²) in [5.41, 5.74) is 3.56. The maximum absolute atomic E-state index is 11.5. The van der Waals surface area contributed by atoms with E-state index in [2.05, 4.69) is 4.74 Å². The zero-order chi connectivity index (χ0) is 13.9. The van der Waals surface area contributed by atoms with E-state index >= 15 is 0 Å². The zero-order valence-electron chi connectivity index (χ0n) is 9.47. The number of carbonyl (C=O) groups is 3. The van der Waals surface area contributed by atoms with Gasteiger partial charge in [-0.1, -0.05) is 0 Å². The van der Waals surface area contributed by atoms with Gasteiger partial charge in [-0.05, 0) is 19.1 Å². The van der Waals surface area contributed by atoms with Gasteiger partial charge in [-0.2, -0.15) is 0 Å². The van der Waals surface area contributed by atoms with Gasteiger partial charge < -0.3 is 20.7 Å². The summed E-state index contributed by atoms with van der Waals surface area (Å²) in [5.74, 6) is -3.98. The molecule has 18 heavy (non-hydrogen) atoms.